The first-order chi connectivity index (χ1) is 9.13. The fourth-order valence-corrected chi connectivity index (χ4v) is 4.50. The van der Waals surface area contributed by atoms with Gasteiger partial charge in [0.2, 0.25) is 0 Å². The summed E-state index contributed by atoms with van der Waals surface area (Å²) in [7, 11) is 0. The Bertz CT molecular complexity index is 443. The van der Waals surface area contributed by atoms with E-state index < -0.39 is 5.60 Å². The second kappa shape index (κ2) is 5.14. The molecule has 0 aromatic carbocycles. The van der Waals surface area contributed by atoms with Crippen LogP contribution in [-0.4, -0.2) is 15.7 Å². The number of aliphatic hydroxyl groups is 1. The van der Waals surface area contributed by atoms with Crippen molar-refractivity contribution in [3.8, 4) is 0 Å². The van der Waals surface area contributed by atoms with Crippen molar-refractivity contribution < 1.29 is 5.11 Å². The quantitative estimate of drug-likeness (QED) is 0.898. The summed E-state index contributed by atoms with van der Waals surface area (Å²) in [5.41, 5.74) is 2.04. The summed E-state index contributed by atoms with van der Waals surface area (Å²) in [6.07, 6.45) is 6.52. The molecule has 1 fully saturated rings. The number of hydrogen-bond acceptors (Lipinski definition) is 2. The highest BCUT2D eigenvalue weighted by molar-refractivity contribution is 5.16. The molecule has 0 spiro atoms. The first-order valence-electron chi connectivity index (χ1n) is 7.79. The van der Waals surface area contributed by atoms with Crippen LogP contribution in [0.5, 0.6) is 0 Å². The second-order valence-corrected chi connectivity index (χ2v) is 8.27. The molecule has 0 atom stereocenters. The van der Waals surface area contributed by atoms with Crippen molar-refractivity contribution in [2.45, 2.75) is 72.3 Å². The van der Waals surface area contributed by atoms with Crippen LogP contribution in [0.3, 0.4) is 0 Å². The Morgan fingerprint density at radius 3 is 2.10 bits per heavy atom. The lowest BCUT2D eigenvalue weighted by Gasteiger charge is -2.49. The zero-order valence-corrected chi connectivity index (χ0v) is 13.7. The van der Waals surface area contributed by atoms with Crippen LogP contribution in [0, 0.1) is 10.8 Å². The Balaban J connectivity index is 2.17. The molecule has 0 radical (unpaired) electrons. The highest BCUT2D eigenvalue weighted by Gasteiger charge is 2.46. The first-order valence-corrected chi connectivity index (χ1v) is 7.79. The van der Waals surface area contributed by atoms with Gasteiger partial charge in [0, 0.05) is 18.3 Å². The summed E-state index contributed by atoms with van der Waals surface area (Å²) in [5, 5.41) is 11.1. The SMILES string of the molecule is CCc1ccc(CC2(O)CC(C)(C)CC(C)(C)C2)nc1. The Morgan fingerprint density at radius 2 is 1.65 bits per heavy atom. The van der Waals surface area contributed by atoms with Crippen molar-refractivity contribution in [3.05, 3.63) is 29.6 Å². The van der Waals surface area contributed by atoms with E-state index in [1.807, 2.05) is 6.20 Å². The minimum Gasteiger partial charge on any atom is -0.389 e. The van der Waals surface area contributed by atoms with E-state index in [1.165, 1.54) is 12.0 Å². The van der Waals surface area contributed by atoms with Gasteiger partial charge in [-0.2, -0.15) is 0 Å². The van der Waals surface area contributed by atoms with Crippen molar-refractivity contribution >= 4 is 0 Å². The van der Waals surface area contributed by atoms with Gasteiger partial charge in [-0.15, -0.1) is 0 Å². The highest BCUT2D eigenvalue weighted by atomic mass is 16.3. The van der Waals surface area contributed by atoms with Gasteiger partial charge in [-0.25, -0.2) is 0 Å². The smallest absolute Gasteiger partial charge is 0.0713 e. The Labute approximate surface area is 123 Å². The van der Waals surface area contributed by atoms with E-state index >= 15 is 0 Å². The molecular weight excluding hydrogens is 246 g/mol. The molecule has 112 valence electrons. The van der Waals surface area contributed by atoms with Gasteiger partial charge in [0.25, 0.3) is 0 Å². The monoisotopic (exact) mass is 275 g/mol. The predicted molar refractivity (Wildman–Crippen MR) is 83.7 cm³/mol. The minimum atomic E-state index is -0.619. The van der Waals surface area contributed by atoms with Crippen LogP contribution in [0.1, 0.15) is 65.1 Å². The van der Waals surface area contributed by atoms with Crippen molar-refractivity contribution in [1.82, 2.24) is 4.98 Å². The fraction of sp³-hybridized carbons (Fsp3) is 0.722. The lowest BCUT2D eigenvalue weighted by molar-refractivity contribution is -0.0855. The van der Waals surface area contributed by atoms with E-state index in [0.717, 1.165) is 25.0 Å². The van der Waals surface area contributed by atoms with E-state index in [2.05, 4.69) is 51.7 Å². The Kier molecular flexibility index (Phi) is 3.98. The Hall–Kier alpha value is -0.890. The standard InChI is InChI=1S/C18H29NO/c1-6-14-7-8-15(19-10-14)9-18(20)12-16(2,3)11-17(4,5)13-18/h7-8,10,20H,6,9,11-13H2,1-5H3. The number of rotatable bonds is 3. The third-order valence-corrected chi connectivity index (χ3v) is 4.38. The molecule has 1 aliphatic rings. The van der Waals surface area contributed by atoms with E-state index in [-0.39, 0.29) is 10.8 Å². The van der Waals surface area contributed by atoms with E-state index in [9.17, 15) is 5.11 Å². The predicted octanol–water partition coefficient (Wildman–Crippen LogP) is 4.15. The molecule has 1 aliphatic carbocycles. The number of hydrogen-bond donors (Lipinski definition) is 1. The molecule has 0 amide bonds. The summed E-state index contributed by atoms with van der Waals surface area (Å²) in [6, 6.07) is 4.20. The summed E-state index contributed by atoms with van der Waals surface area (Å²) in [6.45, 7) is 11.2. The summed E-state index contributed by atoms with van der Waals surface area (Å²) in [5.74, 6) is 0. The van der Waals surface area contributed by atoms with Crippen LogP contribution in [0.4, 0.5) is 0 Å². The third-order valence-electron chi connectivity index (χ3n) is 4.38. The van der Waals surface area contributed by atoms with E-state index in [0.29, 0.717) is 6.42 Å². The van der Waals surface area contributed by atoms with Crippen LogP contribution >= 0.6 is 0 Å². The molecule has 1 heterocycles. The molecule has 0 unspecified atom stereocenters. The van der Waals surface area contributed by atoms with Crippen LogP contribution in [0.25, 0.3) is 0 Å². The first kappa shape index (κ1) is 15.5. The molecule has 2 heteroatoms. The molecule has 2 nitrogen and oxygen atoms in total. The van der Waals surface area contributed by atoms with Gasteiger partial charge < -0.3 is 5.11 Å². The van der Waals surface area contributed by atoms with Crippen molar-refractivity contribution in [1.29, 1.82) is 0 Å². The largest absolute Gasteiger partial charge is 0.389 e. The van der Waals surface area contributed by atoms with Crippen molar-refractivity contribution in [3.63, 3.8) is 0 Å². The lowest BCUT2D eigenvalue weighted by Crippen LogP contribution is -2.47. The van der Waals surface area contributed by atoms with Gasteiger partial charge in [0.05, 0.1) is 5.60 Å². The highest BCUT2D eigenvalue weighted by Crippen LogP contribution is 2.50. The van der Waals surface area contributed by atoms with Gasteiger partial charge in [0.15, 0.2) is 0 Å². The molecule has 2 rings (SSSR count). The maximum absolute atomic E-state index is 11.1. The second-order valence-electron chi connectivity index (χ2n) is 8.27. The van der Waals surface area contributed by atoms with Gasteiger partial charge in [-0.3, -0.25) is 4.98 Å². The van der Waals surface area contributed by atoms with Gasteiger partial charge in [-0.1, -0.05) is 40.7 Å². The maximum Gasteiger partial charge on any atom is 0.0713 e. The Morgan fingerprint density at radius 1 is 1.05 bits per heavy atom. The molecule has 20 heavy (non-hydrogen) atoms. The molecule has 0 aliphatic heterocycles. The molecule has 0 bridgehead atoms. The summed E-state index contributed by atoms with van der Waals surface area (Å²) >= 11 is 0. The topological polar surface area (TPSA) is 33.1 Å². The molecule has 1 saturated carbocycles. The zero-order chi connectivity index (χ0) is 15.0. The lowest BCUT2D eigenvalue weighted by atomic mass is 9.59. The van der Waals surface area contributed by atoms with Crippen LogP contribution in [0.15, 0.2) is 18.3 Å². The minimum absolute atomic E-state index is 0.194. The summed E-state index contributed by atoms with van der Waals surface area (Å²) < 4.78 is 0. The average Bonchev–Trinajstić information content (AvgIpc) is 2.24. The van der Waals surface area contributed by atoms with Gasteiger partial charge in [-0.05, 0) is 48.1 Å². The number of nitrogens with zero attached hydrogens (tertiary/aromatic N) is 1. The van der Waals surface area contributed by atoms with E-state index in [4.69, 9.17) is 0 Å². The van der Waals surface area contributed by atoms with Gasteiger partial charge in [0.1, 0.15) is 0 Å². The van der Waals surface area contributed by atoms with Crippen LogP contribution in [-0.2, 0) is 12.8 Å². The van der Waals surface area contributed by atoms with Gasteiger partial charge >= 0.3 is 0 Å². The zero-order valence-electron chi connectivity index (χ0n) is 13.7. The van der Waals surface area contributed by atoms with Crippen LogP contribution in [0.2, 0.25) is 0 Å². The maximum atomic E-state index is 11.1. The third kappa shape index (κ3) is 3.82. The van der Waals surface area contributed by atoms with E-state index in [1.54, 1.807) is 0 Å². The molecule has 1 N–H and O–H groups in total. The number of pyridine rings is 1. The molecule has 0 saturated heterocycles. The van der Waals surface area contributed by atoms with Crippen LogP contribution < -0.4 is 0 Å². The van der Waals surface area contributed by atoms with Crippen molar-refractivity contribution in [2.75, 3.05) is 0 Å². The van der Waals surface area contributed by atoms with Crippen molar-refractivity contribution in [2.24, 2.45) is 10.8 Å². The molecule has 1 aromatic heterocycles. The fourth-order valence-electron chi connectivity index (χ4n) is 4.50. The average molecular weight is 275 g/mol. The molecule has 1 aromatic rings. The normalized spacial score (nSPS) is 23.5. The number of aromatic nitrogens is 1. The number of aryl methyl sites for hydroxylation is 1. The molecular formula is C18H29NO. The summed E-state index contributed by atoms with van der Waals surface area (Å²) in [4.78, 5) is 4.52.